The van der Waals surface area contributed by atoms with Gasteiger partial charge >= 0.3 is 0 Å². The lowest BCUT2D eigenvalue weighted by Gasteiger charge is -2.15. The van der Waals surface area contributed by atoms with Gasteiger partial charge in [-0.15, -0.1) is 0 Å². The first-order chi connectivity index (χ1) is 7.72. The maximum atomic E-state index is 11.5. The van der Waals surface area contributed by atoms with E-state index >= 15 is 0 Å². The molecule has 1 rings (SSSR count). The van der Waals surface area contributed by atoms with Gasteiger partial charge in [-0.3, -0.25) is 4.79 Å². The van der Waals surface area contributed by atoms with Crippen molar-refractivity contribution in [2.75, 3.05) is 25.6 Å². The molecule has 1 saturated carbocycles. The van der Waals surface area contributed by atoms with Crippen molar-refractivity contribution in [2.45, 2.75) is 38.5 Å². The van der Waals surface area contributed by atoms with Crippen LogP contribution in [0.1, 0.15) is 38.5 Å². The summed E-state index contributed by atoms with van der Waals surface area (Å²) in [5, 5.41) is 4.03. The molecule has 0 heterocycles. The zero-order chi connectivity index (χ0) is 11.9. The minimum absolute atomic E-state index is 0.199. The lowest BCUT2D eigenvalue weighted by Crippen LogP contribution is -2.30. The van der Waals surface area contributed by atoms with Crippen molar-refractivity contribution in [1.82, 2.24) is 5.32 Å². The summed E-state index contributed by atoms with van der Waals surface area (Å²) in [5.74, 6) is 0.199. The quantitative estimate of drug-likeness (QED) is 0.524. The van der Waals surface area contributed by atoms with E-state index in [4.69, 9.17) is 4.74 Å². The van der Waals surface area contributed by atoms with E-state index in [1.807, 2.05) is 0 Å². The van der Waals surface area contributed by atoms with Gasteiger partial charge in [0.2, 0.25) is 5.91 Å². The highest BCUT2D eigenvalue weighted by atomic mass is 79.9. The third-order valence-electron chi connectivity index (χ3n) is 3.24. The van der Waals surface area contributed by atoms with Gasteiger partial charge in [-0.2, -0.15) is 0 Å². The van der Waals surface area contributed by atoms with Gasteiger partial charge in [0.25, 0.3) is 0 Å². The predicted octanol–water partition coefficient (Wildman–Crippen LogP) is 2.48. The molecule has 94 valence electrons. The van der Waals surface area contributed by atoms with Crippen LogP contribution >= 0.6 is 15.9 Å². The van der Waals surface area contributed by atoms with Gasteiger partial charge < -0.3 is 10.1 Å². The zero-order valence-corrected chi connectivity index (χ0v) is 11.6. The van der Waals surface area contributed by atoms with E-state index in [1.54, 1.807) is 7.11 Å². The first-order valence-electron chi connectivity index (χ1n) is 6.04. The first kappa shape index (κ1) is 14.0. The number of halogens is 1. The summed E-state index contributed by atoms with van der Waals surface area (Å²) >= 11 is 3.36. The van der Waals surface area contributed by atoms with E-state index in [9.17, 15) is 4.79 Å². The number of ether oxygens (including phenoxy) is 1. The molecular formula is C12H22BrNO2. The van der Waals surface area contributed by atoms with Crippen LogP contribution in [-0.2, 0) is 9.53 Å². The number of rotatable bonds is 9. The summed E-state index contributed by atoms with van der Waals surface area (Å²) in [7, 11) is 1.73. The standard InChI is InChI=1S/C12H22BrNO2/c1-16-9-7-12(5-6-12)10-14-11(15)4-2-3-8-13/h2-10H2,1H3,(H,14,15). The van der Waals surface area contributed by atoms with E-state index in [1.165, 1.54) is 12.8 Å². The third kappa shape index (κ3) is 5.30. The van der Waals surface area contributed by atoms with Crippen molar-refractivity contribution in [3.05, 3.63) is 0 Å². The van der Waals surface area contributed by atoms with E-state index in [-0.39, 0.29) is 5.91 Å². The molecule has 16 heavy (non-hydrogen) atoms. The minimum Gasteiger partial charge on any atom is -0.385 e. The molecule has 0 bridgehead atoms. The van der Waals surface area contributed by atoms with Gasteiger partial charge in [0.15, 0.2) is 0 Å². The minimum atomic E-state index is 0.199. The molecule has 1 fully saturated rings. The van der Waals surface area contributed by atoms with Crippen LogP contribution < -0.4 is 5.32 Å². The maximum Gasteiger partial charge on any atom is 0.220 e. The number of hydrogen-bond donors (Lipinski definition) is 1. The van der Waals surface area contributed by atoms with Crippen molar-refractivity contribution in [1.29, 1.82) is 0 Å². The Kier molecular flexibility index (Phi) is 6.36. The van der Waals surface area contributed by atoms with Crippen LogP contribution in [-0.4, -0.2) is 31.5 Å². The molecule has 0 aromatic heterocycles. The van der Waals surface area contributed by atoms with Gasteiger partial charge in [-0.25, -0.2) is 0 Å². The Bertz CT molecular complexity index is 217. The van der Waals surface area contributed by atoms with Crippen molar-refractivity contribution < 1.29 is 9.53 Å². The van der Waals surface area contributed by atoms with Crippen LogP contribution in [0.15, 0.2) is 0 Å². The fourth-order valence-electron chi connectivity index (χ4n) is 1.77. The van der Waals surface area contributed by atoms with Crippen LogP contribution in [0.4, 0.5) is 0 Å². The fraction of sp³-hybridized carbons (Fsp3) is 0.917. The highest BCUT2D eigenvalue weighted by molar-refractivity contribution is 9.09. The molecule has 1 aliphatic rings. The van der Waals surface area contributed by atoms with E-state index in [0.717, 1.165) is 37.7 Å². The van der Waals surface area contributed by atoms with Crippen LogP contribution in [0, 0.1) is 5.41 Å². The van der Waals surface area contributed by atoms with Gasteiger partial charge in [0.05, 0.1) is 0 Å². The lowest BCUT2D eigenvalue weighted by molar-refractivity contribution is -0.121. The van der Waals surface area contributed by atoms with E-state index in [2.05, 4.69) is 21.2 Å². The molecule has 1 amide bonds. The molecule has 1 N–H and O–H groups in total. The second-order valence-corrected chi connectivity index (χ2v) is 5.46. The Labute approximate surface area is 106 Å². The summed E-state index contributed by atoms with van der Waals surface area (Å²) in [6, 6.07) is 0. The number of alkyl halides is 1. The molecule has 1 aliphatic carbocycles. The molecule has 0 aliphatic heterocycles. The summed E-state index contributed by atoms with van der Waals surface area (Å²) < 4.78 is 5.09. The van der Waals surface area contributed by atoms with Crippen molar-refractivity contribution in [3.63, 3.8) is 0 Å². The number of carbonyl (C=O) groups is 1. The number of methoxy groups -OCH3 is 1. The van der Waals surface area contributed by atoms with Gasteiger partial charge in [-0.1, -0.05) is 15.9 Å². The Balaban J connectivity index is 2.07. The SMILES string of the molecule is COCCC1(CNC(=O)CCCCBr)CC1. The second-order valence-electron chi connectivity index (χ2n) is 4.67. The Morgan fingerprint density at radius 2 is 2.19 bits per heavy atom. The smallest absolute Gasteiger partial charge is 0.220 e. The van der Waals surface area contributed by atoms with Crippen molar-refractivity contribution in [3.8, 4) is 0 Å². The number of carbonyl (C=O) groups excluding carboxylic acids is 1. The number of amides is 1. The molecule has 4 heteroatoms. The highest BCUT2D eigenvalue weighted by Gasteiger charge is 2.41. The van der Waals surface area contributed by atoms with Crippen molar-refractivity contribution >= 4 is 21.8 Å². The van der Waals surface area contributed by atoms with Crippen LogP contribution in [0.3, 0.4) is 0 Å². The molecule has 0 aromatic rings. The molecule has 0 unspecified atom stereocenters. The highest BCUT2D eigenvalue weighted by Crippen LogP contribution is 2.48. The van der Waals surface area contributed by atoms with Crippen LogP contribution in [0.2, 0.25) is 0 Å². The Morgan fingerprint density at radius 3 is 2.75 bits per heavy atom. The fourth-order valence-corrected chi connectivity index (χ4v) is 2.16. The molecule has 0 saturated heterocycles. The molecule has 0 aromatic carbocycles. The van der Waals surface area contributed by atoms with Crippen LogP contribution in [0.5, 0.6) is 0 Å². The Morgan fingerprint density at radius 1 is 1.44 bits per heavy atom. The first-order valence-corrected chi connectivity index (χ1v) is 7.16. The monoisotopic (exact) mass is 291 g/mol. The molecular weight excluding hydrogens is 270 g/mol. The summed E-state index contributed by atoms with van der Waals surface area (Å²) in [6.07, 6.45) is 6.25. The molecule has 0 spiro atoms. The normalized spacial score (nSPS) is 17.1. The average Bonchev–Trinajstić information content (AvgIpc) is 3.05. The maximum absolute atomic E-state index is 11.5. The third-order valence-corrected chi connectivity index (χ3v) is 3.80. The second kappa shape index (κ2) is 7.28. The van der Waals surface area contributed by atoms with E-state index in [0.29, 0.717) is 11.8 Å². The topological polar surface area (TPSA) is 38.3 Å². The average molecular weight is 292 g/mol. The number of unbranched alkanes of at least 4 members (excludes halogenated alkanes) is 1. The molecule has 0 radical (unpaired) electrons. The lowest BCUT2D eigenvalue weighted by atomic mass is 10.0. The number of nitrogens with one attached hydrogen (secondary N) is 1. The molecule has 0 atom stereocenters. The molecule has 3 nitrogen and oxygen atoms in total. The van der Waals surface area contributed by atoms with Crippen molar-refractivity contribution in [2.24, 2.45) is 5.41 Å². The van der Waals surface area contributed by atoms with E-state index < -0.39 is 0 Å². The van der Waals surface area contributed by atoms with Gasteiger partial charge in [0.1, 0.15) is 0 Å². The summed E-state index contributed by atoms with van der Waals surface area (Å²) in [5.41, 5.74) is 0.362. The number of hydrogen-bond acceptors (Lipinski definition) is 2. The zero-order valence-electron chi connectivity index (χ0n) is 10.1. The largest absolute Gasteiger partial charge is 0.385 e. The van der Waals surface area contributed by atoms with Gasteiger partial charge in [0, 0.05) is 32.0 Å². The van der Waals surface area contributed by atoms with Gasteiger partial charge in [-0.05, 0) is 37.5 Å². The Hall–Kier alpha value is -0.0900. The summed E-state index contributed by atoms with van der Waals surface area (Å²) in [6.45, 7) is 1.64. The van der Waals surface area contributed by atoms with Crippen LogP contribution in [0.25, 0.3) is 0 Å². The summed E-state index contributed by atoms with van der Waals surface area (Å²) in [4.78, 5) is 11.5. The predicted molar refractivity (Wildman–Crippen MR) is 68.8 cm³/mol.